The molecule has 8 heteroatoms. The van der Waals surface area contributed by atoms with Crippen LogP contribution in [-0.2, 0) is 11.3 Å². The zero-order valence-corrected chi connectivity index (χ0v) is 16.0. The number of carbonyl (C=O) groups is 1. The molecule has 2 aromatic rings. The maximum Gasteiger partial charge on any atom is 0.290 e. The highest BCUT2D eigenvalue weighted by atomic mass is 35.5. The molecule has 1 saturated heterocycles. The molecule has 27 heavy (non-hydrogen) atoms. The van der Waals surface area contributed by atoms with Gasteiger partial charge in [-0.3, -0.25) is 9.69 Å². The molecule has 4 rings (SSSR count). The molecule has 2 aliphatic rings. The molecule has 6 nitrogen and oxygen atoms in total. The lowest BCUT2D eigenvalue weighted by Gasteiger charge is -2.23. The lowest BCUT2D eigenvalue weighted by atomic mass is 10.0. The lowest BCUT2D eigenvalue weighted by molar-refractivity contribution is -0.122. The van der Waals surface area contributed by atoms with Crippen LogP contribution in [0.2, 0.25) is 10.0 Å². The average molecular weight is 414 g/mol. The van der Waals surface area contributed by atoms with Crippen LogP contribution in [0.15, 0.2) is 34.7 Å². The molecule has 2 heterocycles. The predicted molar refractivity (Wildman–Crippen MR) is 102 cm³/mol. The third kappa shape index (κ3) is 3.86. The maximum atomic E-state index is 9.49. The van der Waals surface area contributed by atoms with Gasteiger partial charge in [-0.2, -0.15) is 0 Å². The molecule has 2 fully saturated rings. The summed E-state index contributed by atoms with van der Waals surface area (Å²) in [6.07, 6.45) is 0. The molecule has 1 aliphatic carbocycles. The number of rotatable bonds is 5. The number of aliphatic hydroxyl groups is 2. The fourth-order valence-electron chi connectivity index (χ4n) is 4.06. The minimum atomic E-state index is -0.250. The molecule has 1 aromatic carbocycles. The zero-order valence-electron chi connectivity index (χ0n) is 14.5. The number of likely N-dealkylation sites (tertiary alicyclic amines) is 1. The van der Waals surface area contributed by atoms with Gasteiger partial charge < -0.3 is 19.7 Å². The molecule has 3 N–H and O–H groups in total. The Hall–Kier alpha value is -1.57. The van der Waals surface area contributed by atoms with Gasteiger partial charge in [0, 0.05) is 24.1 Å². The third-order valence-electron chi connectivity index (χ3n) is 5.60. The number of nitrogens with zero attached hydrogens (tertiary/aromatic N) is 1. The van der Waals surface area contributed by atoms with Gasteiger partial charge in [0.1, 0.15) is 11.5 Å². The molecule has 1 aromatic heterocycles. The van der Waals surface area contributed by atoms with Gasteiger partial charge in [-0.25, -0.2) is 0 Å². The van der Waals surface area contributed by atoms with Crippen LogP contribution >= 0.6 is 23.2 Å². The summed E-state index contributed by atoms with van der Waals surface area (Å²) in [5, 5.41) is 26.9. The van der Waals surface area contributed by atoms with Crippen LogP contribution in [0.3, 0.4) is 0 Å². The van der Waals surface area contributed by atoms with Gasteiger partial charge in [0.2, 0.25) is 0 Å². The summed E-state index contributed by atoms with van der Waals surface area (Å²) in [4.78, 5) is 10.7. The molecule has 146 valence electrons. The highest BCUT2D eigenvalue weighted by molar-refractivity contribution is 6.42. The fourth-order valence-corrected chi connectivity index (χ4v) is 4.35. The Morgan fingerprint density at radius 2 is 1.74 bits per heavy atom. The van der Waals surface area contributed by atoms with Crippen molar-refractivity contribution in [2.75, 3.05) is 26.3 Å². The van der Waals surface area contributed by atoms with E-state index in [0.717, 1.165) is 36.7 Å². The van der Waals surface area contributed by atoms with E-state index in [1.54, 1.807) is 12.1 Å². The summed E-state index contributed by atoms with van der Waals surface area (Å²) >= 11 is 12.0. The molecule has 0 bridgehead atoms. The van der Waals surface area contributed by atoms with Crippen molar-refractivity contribution in [3.05, 3.63) is 46.1 Å². The standard InChI is InChI=1S/C18H19Cl2NO3.CH2O2/c19-15-3-1-11(5-16(15)20)17-4-2-12(24-17)6-21-7-13-14(8-21)18(13,9-22)10-23;2-1-3/h1-5,13-14,22-23H,6-10H2;1H,(H,2,3). The Morgan fingerprint density at radius 1 is 1.11 bits per heavy atom. The first-order valence-corrected chi connectivity index (χ1v) is 9.30. The molecule has 0 amide bonds. The SMILES string of the molecule is O=CO.OCC1(CO)C2CN(Cc3ccc(-c4ccc(Cl)c(Cl)c4)o3)CC21. The van der Waals surface area contributed by atoms with Crippen LogP contribution < -0.4 is 0 Å². The van der Waals surface area contributed by atoms with Crippen LogP contribution in [0, 0.1) is 17.3 Å². The predicted octanol–water partition coefficient (Wildman–Crippen LogP) is 2.99. The Morgan fingerprint density at radius 3 is 2.30 bits per heavy atom. The van der Waals surface area contributed by atoms with Gasteiger partial charge in [-0.15, -0.1) is 0 Å². The van der Waals surface area contributed by atoms with Gasteiger partial charge in [0.25, 0.3) is 6.47 Å². The largest absolute Gasteiger partial charge is 0.483 e. The quantitative estimate of drug-likeness (QED) is 0.652. The van der Waals surface area contributed by atoms with E-state index >= 15 is 0 Å². The van der Waals surface area contributed by atoms with Crippen molar-refractivity contribution in [2.45, 2.75) is 6.54 Å². The lowest BCUT2D eigenvalue weighted by Crippen LogP contribution is -2.31. The van der Waals surface area contributed by atoms with Crippen LogP contribution in [-0.4, -0.2) is 53.0 Å². The van der Waals surface area contributed by atoms with Crippen LogP contribution in [0.25, 0.3) is 11.3 Å². The van der Waals surface area contributed by atoms with E-state index < -0.39 is 0 Å². The first-order valence-electron chi connectivity index (χ1n) is 8.55. The van der Waals surface area contributed by atoms with Crippen molar-refractivity contribution in [1.82, 2.24) is 4.90 Å². The third-order valence-corrected chi connectivity index (χ3v) is 6.34. The van der Waals surface area contributed by atoms with E-state index in [1.807, 2.05) is 18.2 Å². The summed E-state index contributed by atoms with van der Waals surface area (Å²) in [5.41, 5.74) is 0.657. The van der Waals surface area contributed by atoms with Crippen molar-refractivity contribution in [2.24, 2.45) is 17.3 Å². The van der Waals surface area contributed by atoms with E-state index in [-0.39, 0.29) is 25.1 Å². The maximum absolute atomic E-state index is 9.49. The number of fused-ring (bicyclic) bond motifs is 1. The molecule has 0 radical (unpaired) electrons. The number of halogens is 2. The van der Waals surface area contributed by atoms with Crippen molar-refractivity contribution in [3.63, 3.8) is 0 Å². The van der Waals surface area contributed by atoms with Gasteiger partial charge in [0.15, 0.2) is 0 Å². The van der Waals surface area contributed by atoms with Gasteiger partial charge >= 0.3 is 0 Å². The highest BCUT2D eigenvalue weighted by Gasteiger charge is 2.67. The van der Waals surface area contributed by atoms with Crippen molar-refractivity contribution < 1.29 is 24.5 Å². The first-order chi connectivity index (χ1) is 13.0. The summed E-state index contributed by atoms with van der Waals surface area (Å²) in [6.45, 7) is 2.44. The molecular formula is C19H21Cl2NO5. The summed E-state index contributed by atoms with van der Waals surface area (Å²) in [5.74, 6) is 2.47. The summed E-state index contributed by atoms with van der Waals surface area (Å²) in [7, 11) is 0. The molecule has 1 saturated carbocycles. The average Bonchev–Trinajstić information content (AvgIpc) is 3.02. The second-order valence-electron chi connectivity index (χ2n) is 6.96. The van der Waals surface area contributed by atoms with Crippen LogP contribution in [0.4, 0.5) is 0 Å². The van der Waals surface area contributed by atoms with E-state index in [2.05, 4.69) is 4.90 Å². The number of aliphatic hydroxyl groups excluding tert-OH is 2. The topological polar surface area (TPSA) is 94.1 Å². The second-order valence-corrected chi connectivity index (χ2v) is 7.77. The van der Waals surface area contributed by atoms with Crippen molar-refractivity contribution in [1.29, 1.82) is 0 Å². The Labute approximate surface area is 166 Å². The minimum absolute atomic E-state index is 0.0783. The van der Waals surface area contributed by atoms with E-state index in [0.29, 0.717) is 21.9 Å². The fraction of sp³-hybridized carbons (Fsp3) is 0.421. The van der Waals surface area contributed by atoms with Crippen molar-refractivity contribution >= 4 is 29.7 Å². The van der Waals surface area contributed by atoms with Crippen LogP contribution in [0.5, 0.6) is 0 Å². The number of piperidine rings is 1. The minimum Gasteiger partial charge on any atom is -0.483 e. The van der Waals surface area contributed by atoms with Crippen molar-refractivity contribution in [3.8, 4) is 11.3 Å². The number of hydrogen-bond acceptors (Lipinski definition) is 5. The summed E-state index contributed by atoms with van der Waals surface area (Å²) in [6, 6.07) is 9.37. The highest BCUT2D eigenvalue weighted by Crippen LogP contribution is 2.62. The Bertz CT molecular complexity index is 791. The van der Waals surface area contributed by atoms with Gasteiger partial charge in [0.05, 0.1) is 29.8 Å². The van der Waals surface area contributed by atoms with E-state index in [9.17, 15) is 10.2 Å². The number of benzene rings is 1. The van der Waals surface area contributed by atoms with Gasteiger partial charge in [-0.05, 0) is 42.2 Å². The molecule has 2 unspecified atom stereocenters. The molecule has 1 aliphatic heterocycles. The van der Waals surface area contributed by atoms with Crippen LogP contribution in [0.1, 0.15) is 5.76 Å². The second kappa shape index (κ2) is 8.20. The smallest absolute Gasteiger partial charge is 0.290 e. The zero-order chi connectivity index (χ0) is 19.6. The number of furan rings is 1. The molecule has 0 spiro atoms. The monoisotopic (exact) mass is 413 g/mol. The van der Waals surface area contributed by atoms with Gasteiger partial charge in [-0.1, -0.05) is 23.2 Å². The summed E-state index contributed by atoms with van der Waals surface area (Å²) < 4.78 is 5.94. The normalized spacial score (nSPS) is 22.7. The number of hydrogen-bond donors (Lipinski definition) is 3. The van der Waals surface area contributed by atoms with E-state index in [1.165, 1.54) is 0 Å². The van der Waals surface area contributed by atoms with E-state index in [4.69, 9.17) is 37.5 Å². The molecule has 2 atom stereocenters. The number of carboxylic acid groups (broad SMARTS) is 1. The first kappa shape index (κ1) is 20.2. The Balaban J connectivity index is 0.000000659. The Kier molecular flexibility index (Phi) is 6.13. The molecular weight excluding hydrogens is 393 g/mol.